The van der Waals surface area contributed by atoms with Crippen LogP contribution in [0.2, 0.25) is 0 Å². The van der Waals surface area contributed by atoms with Crippen LogP contribution in [-0.4, -0.2) is 57.6 Å². The van der Waals surface area contributed by atoms with Gasteiger partial charge in [0.15, 0.2) is 0 Å². The monoisotopic (exact) mass is 367 g/mol. The molecule has 1 aromatic carbocycles. The number of hydrogen-bond donors (Lipinski definition) is 1. The number of aliphatic hydroxyl groups is 1. The zero-order valence-corrected chi connectivity index (χ0v) is 16.3. The van der Waals surface area contributed by atoms with E-state index in [1.54, 1.807) is 6.20 Å². The van der Waals surface area contributed by atoms with Crippen molar-refractivity contribution >= 4 is 5.91 Å². The van der Waals surface area contributed by atoms with Crippen LogP contribution in [0.4, 0.5) is 0 Å². The fourth-order valence-electron chi connectivity index (χ4n) is 3.35. The predicted molar refractivity (Wildman–Crippen MR) is 106 cm³/mol. The molecule has 0 atom stereocenters. The molecule has 0 saturated carbocycles. The maximum atomic E-state index is 12.9. The fourth-order valence-corrected chi connectivity index (χ4v) is 3.35. The first-order valence-corrected chi connectivity index (χ1v) is 9.62. The lowest BCUT2D eigenvalue weighted by atomic mass is 9.97. The number of carbonyl (C=O) groups is 1. The first kappa shape index (κ1) is 19.5. The standard InChI is InChI=1S/C22H29N3O2/c1-22(2,27)9-8-18-5-3-7-20(15-18)21(26)25-13-11-24(12-14-25)17-19-6-4-10-23-16-19/h3-7,10,15-16,27H,8-9,11-14,17H2,1-2H3. The third-order valence-corrected chi connectivity index (χ3v) is 4.99. The molecule has 0 bridgehead atoms. The van der Waals surface area contributed by atoms with Crippen LogP contribution in [-0.2, 0) is 13.0 Å². The second-order valence-electron chi connectivity index (χ2n) is 7.94. The molecule has 1 saturated heterocycles. The zero-order valence-electron chi connectivity index (χ0n) is 16.3. The van der Waals surface area contributed by atoms with Crippen molar-refractivity contribution in [2.45, 2.75) is 38.8 Å². The molecule has 27 heavy (non-hydrogen) atoms. The van der Waals surface area contributed by atoms with E-state index < -0.39 is 5.60 Å². The van der Waals surface area contributed by atoms with E-state index in [1.807, 2.05) is 55.3 Å². The number of benzene rings is 1. The molecule has 1 aliphatic rings. The van der Waals surface area contributed by atoms with Gasteiger partial charge >= 0.3 is 0 Å². The van der Waals surface area contributed by atoms with Crippen molar-refractivity contribution in [1.82, 2.24) is 14.8 Å². The Morgan fingerprint density at radius 3 is 2.52 bits per heavy atom. The molecule has 1 amide bonds. The van der Waals surface area contributed by atoms with Crippen molar-refractivity contribution in [1.29, 1.82) is 0 Å². The lowest BCUT2D eigenvalue weighted by Gasteiger charge is -2.34. The summed E-state index contributed by atoms with van der Waals surface area (Å²) in [6, 6.07) is 11.9. The summed E-state index contributed by atoms with van der Waals surface area (Å²) < 4.78 is 0. The highest BCUT2D eigenvalue weighted by molar-refractivity contribution is 5.94. The molecule has 0 unspecified atom stereocenters. The molecule has 1 fully saturated rings. The Labute approximate surface area is 161 Å². The van der Waals surface area contributed by atoms with E-state index in [1.165, 1.54) is 5.56 Å². The van der Waals surface area contributed by atoms with Crippen molar-refractivity contribution < 1.29 is 9.90 Å². The molecule has 0 radical (unpaired) electrons. The number of rotatable bonds is 6. The van der Waals surface area contributed by atoms with E-state index in [2.05, 4.69) is 16.0 Å². The summed E-state index contributed by atoms with van der Waals surface area (Å²) in [6.45, 7) is 7.74. The van der Waals surface area contributed by atoms with Gasteiger partial charge in [-0.25, -0.2) is 0 Å². The number of aromatic nitrogens is 1. The molecular formula is C22H29N3O2. The Morgan fingerprint density at radius 2 is 1.85 bits per heavy atom. The van der Waals surface area contributed by atoms with E-state index in [-0.39, 0.29) is 5.91 Å². The fraction of sp³-hybridized carbons (Fsp3) is 0.455. The molecule has 5 nitrogen and oxygen atoms in total. The SMILES string of the molecule is CC(C)(O)CCc1cccc(C(=O)N2CCN(Cc3cccnc3)CC2)c1. The van der Waals surface area contributed by atoms with Crippen molar-refractivity contribution in [3.8, 4) is 0 Å². The van der Waals surface area contributed by atoms with Crippen LogP contribution in [0.3, 0.4) is 0 Å². The Bertz CT molecular complexity index is 748. The van der Waals surface area contributed by atoms with Crippen molar-refractivity contribution in [2.75, 3.05) is 26.2 Å². The van der Waals surface area contributed by atoms with Crippen LogP contribution in [0.15, 0.2) is 48.8 Å². The summed E-state index contributed by atoms with van der Waals surface area (Å²) in [6.07, 6.45) is 5.13. The quantitative estimate of drug-likeness (QED) is 0.853. The minimum absolute atomic E-state index is 0.0983. The van der Waals surface area contributed by atoms with Crippen molar-refractivity contribution in [3.63, 3.8) is 0 Å². The Hall–Kier alpha value is -2.24. The highest BCUT2D eigenvalue weighted by Gasteiger charge is 2.22. The molecule has 2 aromatic rings. The van der Waals surface area contributed by atoms with Crippen LogP contribution in [0.5, 0.6) is 0 Å². The highest BCUT2D eigenvalue weighted by atomic mass is 16.3. The van der Waals surface area contributed by atoms with Gasteiger partial charge in [0.05, 0.1) is 5.60 Å². The van der Waals surface area contributed by atoms with Crippen LogP contribution in [0, 0.1) is 0 Å². The normalized spacial score (nSPS) is 15.7. The number of nitrogens with zero attached hydrogens (tertiary/aromatic N) is 3. The molecule has 1 N–H and O–H groups in total. The number of pyridine rings is 1. The third-order valence-electron chi connectivity index (χ3n) is 4.99. The summed E-state index contributed by atoms with van der Waals surface area (Å²) in [7, 11) is 0. The zero-order chi connectivity index (χ0) is 19.3. The van der Waals surface area contributed by atoms with Crippen LogP contribution in [0.1, 0.15) is 41.8 Å². The van der Waals surface area contributed by atoms with E-state index in [4.69, 9.17) is 0 Å². The van der Waals surface area contributed by atoms with Gasteiger partial charge in [0.2, 0.25) is 0 Å². The average Bonchev–Trinajstić information content (AvgIpc) is 2.67. The van der Waals surface area contributed by atoms with Gasteiger partial charge in [0.25, 0.3) is 5.91 Å². The van der Waals surface area contributed by atoms with E-state index >= 15 is 0 Å². The van der Waals surface area contributed by atoms with Gasteiger partial charge in [-0.15, -0.1) is 0 Å². The summed E-state index contributed by atoms with van der Waals surface area (Å²) in [5, 5.41) is 9.91. The summed E-state index contributed by atoms with van der Waals surface area (Å²) in [4.78, 5) is 21.3. The lowest BCUT2D eigenvalue weighted by molar-refractivity contribution is 0.0628. The number of carbonyl (C=O) groups excluding carboxylic acids is 1. The molecule has 0 aliphatic carbocycles. The van der Waals surface area contributed by atoms with Gasteiger partial charge in [-0.05, 0) is 56.0 Å². The van der Waals surface area contributed by atoms with E-state index in [0.717, 1.165) is 50.3 Å². The first-order valence-electron chi connectivity index (χ1n) is 9.62. The average molecular weight is 367 g/mol. The van der Waals surface area contributed by atoms with Crippen molar-refractivity contribution in [2.24, 2.45) is 0 Å². The molecule has 2 heterocycles. The number of amides is 1. The van der Waals surface area contributed by atoms with Gasteiger partial charge in [0.1, 0.15) is 0 Å². The summed E-state index contributed by atoms with van der Waals surface area (Å²) >= 11 is 0. The minimum atomic E-state index is -0.690. The number of hydrogen-bond acceptors (Lipinski definition) is 4. The molecule has 1 aromatic heterocycles. The number of aryl methyl sites for hydroxylation is 1. The third kappa shape index (κ3) is 5.88. The minimum Gasteiger partial charge on any atom is -0.390 e. The predicted octanol–water partition coefficient (Wildman–Crippen LogP) is 2.74. The van der Waals surface area contributed by atoms with Crippen LogP contribution in [0.25, 0.3) is 0 Å². The van der Waals surface area contributed by atoms with Crippen molar-refractivity contribution in [3.05, 3.63) is 65.5 Å². The highest BCUT2D eigenvalue weighted by Crippen LogP contribution is 2.16. The van der Waals surface area contributed by atoms with Crippen LogP contribution < -0.4 is 0 Å². The topological polar surface area (TPSA) is 56.7 Å². The van der Waals surface area contributed by atoms with Gasteiger partial charge in [0, 0.05) is 50.7 Å². The van der Waals surface area contributed by atoms with Gasteiger partial charge in [-0.3, -0.25) is 14.7 Å². The number of piperazine rings is 1. The molecular weight excluding hydrogens is 338 g/mol. The second-order valence-corrected chi connectivity index (χ2v) is 7.94. The molecule has 0 spiro atoms. The van der Waals surface area contributed by atoms with Gasteiger partial charge in [-0.1, -0.05) is 18.2 Å². The Kier molecular flexibility index (Phi) is 6.24. The second kappa shape index (κ2) is 8.63. The summed E-state index contributed by atoms with van der Waals surface area (Å²) in [5.41, 5.74) is 2.35. The van der Waals surface area contributed by atoms with Crippen LogP contribution >= 0.6 is 0 Å². The smallest absolute Gasteiger partial charge is 0.253 e. The van der Waals surface area contributed by atoms with E-state index in [9.17, 15) is 9.90 Å². The molecule has 144 valence electrons. The van der Waals surface area contributed by atoms with Gasteiger partial charge in [-0.2, -0.15) is 0 Å². The maximum absolute atomic E-state index is 12.9. The molecule has 1 aliphatic heterocycles. The first-order chi connectivity index (χ1) is 12.9. The summed E-state index contributed by atoms with van der Waals surface area (Å²) in [5.74, 6) is 0.0983. The molecule has 3 rings (SSSR count). The Morgan fingerprint density at radius 1 is 1.11 bits per heavy atom. The van der Waals surface area contributed by atoms with Gasteiger partial charge < -0.3 is 10.0 Å². The van der Waals surface area contributed by atoms with E-state index in [0.29, 0.717) is 6.42 Å². The maximum Gasteiger partial charge on any atom is 0.253 e. The largest absolute Gasteiger partial charge is 0.390 e. The Balaban J connectivity index is 1.54. The molecule has 5 heteroatoms. The lowest BCUT2D eigenvalue weighted by Crippen LogP contribution is -2.48.